The van der Waals surface area contributed by atoms with Crippen LogP contribution in [-0.2, 0) is 12.3 Å². The maximum atomic E-state index is 12.6. The number of carbonyl (C=O) groups is 1. The second-order valence-corrected chi connectivity index (χ2v) is 3.14. The summed E-state index contributed by atoms with van der Waals surface area (Å²) in [5.41, 5.74) is -0.566. The molecule has 0 saturated carbocycles. The first-order valence-corrected chi connectivity index (χ1v) is 4.16. The Kier molecular flexibility index (Phi) is 3.15. The van der Waals surface area contributed by atoms with Crippen molar-refractivity contribution in [1.82, 2.24) is 9.63 Å². The van der Waals surface area contributed by atoms with Crippen LogP contribution in [0.15, 0.2) is 18.3 Å². The lowest BCUT2D eigenvalue weighted by Crippen LogP contribution is -2.52. The van der Waals surface area contributed by atoms with Crippen molar-refractivity contribution in [2.75, 3.05) is 0 Å². The van der Waals surface area contributed by atoms with E-state index in [-0.39, 0.29) is 0 Å². The van der Waals surface area contributed by atoms with Gasteiger partial charge in [-0.05, 0) is 12.1 Å². The molecule has 0 N–H and O–H groups in total. The van der Waals surface area contributed by atoms with Crippen LogP contribution in [0.1, 0.15) is 10.5 Å². The first-order valence-electron chi connectivity index (χ1n) is 4.16. The number of amides is 1. The second kappa shape index (κ2) is 3.99. The van der Waals surface area contributed by atoms with Crippen molar-refractivity contribution in [1.29, 1.82) is 0 Å². The molecule has 4 nitrogen and oxygen atoms in total. The highest BCUT2D eigenvalue weighted by molar-refractivity contribution is 5.92. The van der Waals surface area contributed by atoms with Crippen LogP contribution in [0.4, 0.5) is 22.0 Å². The van der Waals surface area contributed by atoms with E-state index >= 15 is 0 Å². The molecule has 95 valence electrons. The Morgan fingerprint density at radius 3 is 2.18 bits per heavy atom. The maximum Gasteiger partial charge on any atom is 0.478 e. The van der Waals surface area contributed by atoms with Gasteiger partial charge in [0.1, 0.15) is 5.69 Å². The summed E-state index contributed by atoms with van der Waals surface area (Å²) < 4.78 is 61.6. The number of halogens is 5. The molecule has 1 rings (SSSR count). The summed E-state index contributed by atoms with van der Waals surface area (Å²) in [6.45, 7) is 0. The summed E-state index contributed by atoms with van der Waals surface area (Å²) in [7, 11) is 1.23. The molecule has 0 bridgehead atoms. The number of aryl methyl sites for hydroxylation is 1. The molecular weight excluding hydrogens is 251 g/mol. The molecule has 0 saturated heterocycles. The summed E-state index contributed by atoms with van der Waals surface area (Å²) >= 11 is 0. The minimum absolute atomic E-state index is 0.566. The molecule has 1 amide bonds. The molecule has 0 aliphatic carbocycles. The largest absolute Gasteiger partial charge is 0.478 e. The zero-order valence-electron chi connectivity index (χ0n) is 8.33. The monoisotopic (exact) mass is 257 g/mol. The van der Waals surface area contributed by atoms with Gasteiger partial charge in [-0.2, -0.15) is 22.0 Å². The number of carbonyl (C=O) groups excluding carboxylic acids is 1. The Hall–Kier alpha value is -1.64. The molecule has 1 aromatic rings. The lowest BCUT2D eigenvalue weighted by molar-refractivity contribution is -0.397. The summed E-state index contributed by atoms with van der Waals surface area (Å²) in [4.78, 5) is 11.1. The van der Waals surface area contributed by atoms with Gasteiger partial charge in [0.15, 0.2) is 0 Å². The molecule has 0 aromatic carbocycles. The SMILES string of the molecule is Cn1cccc1C(=O)N([O])C(F)(F)C(F)(F)F. The smallest absolute Gasteiger partial charge is 0.347 e. The number of alkyl halides is 5. The highest BCUT2D eigenvalue weighted by atomic mass is 19.4. The van der Waals surface area contributed by atoms with Crippen LogP contribution in [-0.4, -0.2) is 27.8 Å². The van der Waals surface area contributed by atoms with E-state index < -0.39 is 28.9 Å². The van der Waals surface area contributed by atoms with E-state index in [2.05, 4.69) is 0 Å². The van der Waals surface area contributed by atoms with Crippen LogP contribution in [0.5, 0.6) is 0 Å². The third-order valence-corrected chi connectivity index (χ3v) is 1.94. The van der Waals surface area contributed by atoms with Crippen LogP contribution in [0.2, 0.25) is 0 Å². The van der Waals surface area contributed by atoms with Gasteiger partial charge in [-0.15, -0.1) is 5.06 Å². The summed E-state index contributed by atoms with van der Waals surface area (Å²) in [6.07, 6.45) is -4.89. The molecule has 1 heterocycles. The van der Waals surface area contributed by atoms with Crippen LogP contribution in [0.25, 0.3) is 0 Å². The molecule has 0 spiro atoms. The van der Waals surface area contributed by atoms with E-state index in [1.54, 1.807) is 0 Å². The zero-order valence-corrected chi connectivity index (χ0v) is 8.33. The molecular formula is C8H6F5N2O2. The molecule has 1 aromatic heterocycles. The first-order chi connectivity index (χ1) is 7.59. The van der Waals surface area contributed by atoms with Gasteiger partial charge in [0, 0.05) is 13.2 Å². The fourth-order valence-corrected chi connectivity index (χ4v) is 1.03. The number of aromatic nitrogens is 1. The number of rotatable bonds is 2. The van der Waals surface area contributed by atoms with E-state index in [1.165, 1.54) is 19.3 Å². The highest BCUT2D eigenvalue weighted by Gasteiger charge is 2.65. The highest BCUT2D eigenvalue weighted by Crippen LogP contribution is 2.38. The van der Waals surface area contributed by atoms with E-state index in [0.717, 1.165) is 10.6 Å². The van der Waals surface area contributed by atoms with E-state index in [1.807, 2.05) is 0 Å². The van der Waals surface area contributed by atoms with Gasteiger partial charge in [-0.25, -0.2) is 0 Å². The molecule has 0 unspecified atom stereocenters. The van der Waals surface area contributed by atoms with Crippen molar-refractivity contribution < 1.29 is 32.0 Å². The summed E-state index contributed by atoms with van der Waals surface area (Å²) in [6, 6.07) is -3.57. The lowest BCUT2D eigenvalue weighted by atomic mass is 10.3. The fraction of sp³-hybridized carbons (Fsp3) is 0.375. The van der Waals surface area contributed by atoms with Gasteiger partial charge in [0.25, 0.3) is 0 Å². The lowest BCUT2D eigenvalue weighted by Gasteiger charge is -2.24. The van der Waals surface area contributed by atoms with E-state index in [0.29, 0.717) is 0 Å². The van der Waals surface area contributed by atoms with Crippen molar-refractivity contribution in [3.05, 3.63) is 24.0 Å². The van der Waals surface area contributed by atoms with Crippen molar-refractivity contribution in [3.63, 3.8) is 0 Å². The predicted octanol–water partition coefficient (Wildman–Crippen LogP) is 1.97. The Morgan fingerprint density at radius 2 is 1.82 bits per heavy atom. The van der Waals surface area contributed by atoms with Gasteiger partial charge in [-0.1, -0.05) is 5.21 Å². The Bertz CT molecular complexity index is 426. The van der Waals surface area contributed by atoms with Crippen LogP contribution in [0.3, 0.4) is 0 Å². The normalized spacial score (nSPS) is 12.6. The summed E-state index contributed by atoms with van der Waals surface area (Å²) in [5, 5.41) is 8.87. The van der Waals surface area contributed by atoms with Gasteiger partial charge < -0.3 is 4.57 Å². The Morgan fingerprint density at radius 1 is 1.29 bits per heavy atom. The van der Waals surface area contributed by atoms with Gasteiger partial charge in [0.05, 0.1) is 0 Å². The van der Waals surface area contributed by atoms with Crippen LogP contribution >= 0.6 is 0 Å². The first kappa shape index (κ1) is 13.4. The van der Waals surface area contributed by atoms with Crippen molar-refractivity contribution in [2.24, 2.45) is 7.05 Å². The number of nitrogens with zero attached hydrogens (tertiary/aromatic N) is 2. The average molecular weight is 257 g/mol. The molecule has 9 heteroatoms. The zero-order chi connectivity index (χ0) is 13.4. The number of hydrogen-bond acceptors (Lipinski definition) is 1. The Balaban J connectivity index is 3.03. The third kappa shape index (κ3) is 2.23. The van der Waals surface area contributed by atoms with Crippen molar-refractivity contribution in [2.45, 2.75) is 12.2 Å². The summed E-state index contributed by atoms with van der Waals surface area (Å²) in [5.74, 6) is -1.96. The van der Waals surface area contributed by atoms with Gasteiger partial charge in [0.2, 0.25) is 0 Å². The van der Waals surface area contributed by atoms with Gasteiger partial charge in [-0.3, -0.25) is 4.79 Å². The van der Waals surface area contributed by atoms with Crippen LogP contribution in [0, 0.1) is 0 Å². The second-order valence-electron chi connectivity index (χ2n) is 3.14. The predicted molar refractivity (Wildman–Crippen MR) is 43.3 cm³/mol. The minimum atomic E-state index is -6.12. The molecule has 0 aliphatic heterocycles. The number of hydroxylamine groups is 2. The standard InChI is InChI=1S/C8H6F5N2O2/c1-14-4-2-3-5(14)6(16)15(17)8(12,13)7(9,10)11/h2-4H,1H3. The Labute approximate surface area is 91.8 Å². The number of hydrogen-bond donors (Lipinski definition) is 0. The molecule has 0 atom stereocenters. The maximum absolute atomic E-state index is 12.6. The van der Waals surface area contributed by atoms with Crippen molar-refractivity contribution in [3.8, 4) is 0 Å². The molecule has 0 fully saturated rings. The fourth-order valence-electron chi connectivity index (χ4n) is 1.03. The third-order valence-electron chi connectivity index (χ3n) is 1.94. The topological polar surface area (TPSA) is 45.1 Å². The van der Waals surface area contributed by atoms with Crippen LogP contribution < -0.4 is 0 Å². The molecule has 17 heavy (non-hydrogen) atoms. The average Bonchev–Trinajstić information content (AvgIpc) is 2.60. The minimum Gasteiger partial charge on any atom is -0.347 e. The van der Waals surface area contributed by atoms with Gasteiger partial charge >= 0.3 is 18.1 Å². The van der Waals surface area contributed by atoms with Crippen molar-refractivity contribution >= 4 is 5.91 Å². The molecule has 1 radical (unpaired) electrons. The van der Waals surface area contributed by atoms with E-state index in [4.69, 9.17) is 0 Å². The molecule has 0 aliphatic rings. The van der Waals surface area contributed by atoms with E-state index in [9.17, 15) is 32.0 Å². The quantitative estimate of drug-likeness (QED) is 0.454.